The first-order chi connectivity index (χ1) is 19.6. The van der Waals surface area contributed by atoms with Crippen LogP contribution in [0.3, 0.4) is 0 Å². The fourth-order valence-electron chi connectivity index (χ4n) is 5.90. The van der Waals surface area contributed by atoms with E-state index in [1.54, 1.807) is 16.8 Å². The number of hydrogen-bond acceptors (Lipinski definition) is 3. The van der Waals surface area contributed by atoms with E-state index in [-0.39, 0.29) is 11.8 Å². The van der Waals surface area contributed by atoms with Gasteiger partial charge in [0, 0.05) is 41.6 Å². The van der Waals surface area contributed by atoms with Gasteiger partial charge in [-0.25, -0.2) is 4.90 Å². The largest absolute Gasteiger partial charge is 0.347 e. The Labute approximate surface area is 234 Å². The number of rotatable bonds is 10. The van der Waals surface area contributed by atoms with E-state index in [0.29, 0.717) is 22.5 Å². The summed E-state index contributed by atoms with van der Waals surface area (Å²) in [6, 6.07) is 25.2. The molecule has 0 N–H and O–H groups in total. The lowest BCUT2D eigenvalue weighted by Gasteiger charge is -2.14. The summed E-state index contributed by atoms with van der Waals surface area (Å²) in [5.41, 5.74) is 4.63. The molecule has 0 saturated carbocycles. The molecule has 0 fully saturated rings. The molecule has 0 unspecified atom stereocenters. The molecule has 3 aromatic carbocycles. The first kappa shape index (κ1) is 25.8. The van der Waals surface area contributed by atoms with Crippen molar-refractivity contribution < 1.29 is 9.59 Å². The van der Waals surface area contributed by atoms with Crippen molar-refractivity contribution in [2.75, 3.05) is 4.90 Å². The van der Waals surface area contributed by atoms with E-state index in [2.05, 4.69) is 23.8 Å². The molecule has 3 heterocycles. The van der Waals surface area contributed by atoms with Gasteiger partial charge in [0.25, 0.3) is 11.8 Å². The van der Waals surface area contributed by atoms with Crippen LogP contribution >= 0.6 is 0 Å². The average Bonchev–Trinajstić information content (AvgIpc) is 3.59. The van der Waals surface area contributed by atoms with Crippen molar-refractivity contribution in [2.24, 2.45) is 7.05 Å². The van der Waals surface area contributed by atoms with Gasteiger partial charge in [-0.3, -0.25) is 14.3 Å². The predicted octanol–water partition coefficient (Wildman–Crippen LogP) is 7.37. The van der Waals surface area contributed by atoms with Gasteiger partial charge in [-0.2, -0.15) is 5.10 Å². The average molecular weight is 531 g/mol. The molecule has 0 aliphatic carbocycles. The lowest BCUT2D eigenvalue weighted by Crippen LogP contribution is -2.31. The van der Waals surface area contributed by atoms with E-state index >= 15 is 0 Å². The first-order valence-electron chi connectivity index (χ1n) is 14.3. The predicted molar refractivity (Wildman–Crippen MR) is 162 cm³/mol. The molecule has 40 heavy (non-hydrogen) atoms. The van der Waals surface area contributed by atoms with Gasteiger partial charge in [-0.05, 0) is 30.7 Å². The molecule has 6 rings (SSSR count). The summed E-state index contributed by atoms with van der Waals surface area (Å²) in [6.07, 6.45) is 9.34. The quantitative estimate of drug-likeness (QED) is 0.140. The van der Waals surface area contributed by atoms with Crippen molar-refractivity contribution in [3.63, 3.8) is 0 Å². The standard InChI is InChI=1S/C34H34N4O2/c1-3-4-5-6-7-15-22-37-23-27(25-18-11-14-21-29(25)37)30-31(32-26-19-12-13-20-28(26)36(2)35-32)34(40)38(33(30)39)24-16-9-8-10-17-24/h8-14,16-21,23H,3-7,15,22H2,1-2H3. The molecule has 6 nitrogen and oxygen atoms in total. The highest BCUT2D eigenvalue weighted by atomic mass is 16.2. The number of anilines is 1. The Kier molecular flexibility index (Phi) is 7.08. The summed E-state index contributed by atoms with van der Waals surface area (Å²) in [5, 5.41) is 6.61. The number of unbranched alkanes of at least 4 members (excludes halogenated alkanes) is 5. The third-order valence-electron chi connectivity index (χ3n) is 7.90. The first-order valence-corrected chi connectivity index (χ1v) is 14.3. The van der Waals surface area contributed by atoms with Gasteiger partial charge >= 0.3 is 0 Å². The third kappa shape index (κ3) is 4.43. The number of nitrogens with zero attached hydrogens (tertiary/aromatic N) is 4. The van der Waals surface area contributed by atoms with Crippen LogP contribution in [0, 0.1) is 0 Å². The maximum atomic E-state index is 14.3. The van der Waals surface area contributed by atoms with Crippen molar-refractivity contribution in [3.8, 4) is 0 Å². The topological polar surface area (TPSA) is 60.1 Å². The second-order valence-corrected chi connectivity index (χ2v) is 10.5. The smallest absolute Gasteiger partial charge is 0.268 e. The van der Waals surface area contributed by atoms with Crippen molar-refractivity contribution in [3.05, 3.63) is 96.3 Å². The molecular weight excluding hydrogens is 496 g/mol. The molecule has 2 aromatic heterocycles. The fraction of sp³-hybridized carbons (Fsp3) is 0.265. The number of benzene rings is 3. The van der Waals surface area contributed by atoms with Gasteiger partial charge < -0.3 is 4.57 Å². The molecule has 202 valence electrons. The Morgan fingerprint density at radius 3 is 2.08 bits per heavy atom. The molecule has 2 amide bonds. The zero-order valence-corrected chi connectivity index (χ0v) is 23.1. The van der Waals surface area contributed by atoms with Crippen LogP contribution in [0.4, 0.5) is 5.69 Å². The molecule has 6 heteroatoms. The highest BCUT2D eigenvalue weighted by Crippen LogP contribution is 2.42. The summed E-state index contributed by atoms with van der Waals surface area (Å²) in [6.45, 7) is 3.10. The van der Waals surface area contributed by atoms with E-state index in [9.17, 15) is 9.59 Å². The number of para-hydroxylation sites is 3. The number of aryl methyl sites for hydroxylation is 2. The van der Waals surface area contributed by atoms with Crippen molar-refractivity contribution in [1.29, 1.82) is 0 Å². The number of aromatic nitrogens is 3. The minimum Gasteiger partial charge on any atom is -0.347 e. The fourth-order valence-corrected chi connectivity index (χ4v) is 5.90. The monoisotopic (exact) mass is 530 g/mol. The second-order valence-electron chi connectivity index (χ2n) is 10.5. The normalized spacial score (nSPS) is 13.9. The number of imide groups is 1. The van der Waals surface area contributed by atoms with Crippen LogP contribution in [0.15, 0.2) is 85.1 Å². The minimum absolute atomic E-state index is 0.316. The summed E-state index contributed by atoms with van der Waals surface area (Å²) >= 11 is 0. The van der Waals surface area contributed by atoms with Crippen LogP contribution < -0.4 is 4.90 Å². The SMILES string of the molecule is CCCCCCCCn1cc(C2=C(c3nn(C)c4ccccc34)C(=O)N(c3ccccc3)C2=O)c2ccccc21. The Balaban J connectivity index is 1.50. The number of carbonyl (C=O) groups excluding carboxylic acids is 2. The van der Waals surface area contributed by atoms with Gasteiger partial charge in [-0.15, -0.1) is 0 Å². The number of amides is 2. The lowest BCUT2D eigenvalue weighted by atomic mass is 9.97. The van der Waals surface area contributed by atoms with Crippen LogP contribution in [0.1, 0.15) is 56.7 Å². The molecular formula is C34H34N4O2. The molecule has 0 bridgehead atoms. The van der Waals surface area contributed by atoms with Crippen molar-refractivity contribution >= 4 is 50.5 Å². The Bertz CT molecular complexity index is 1740. The van der Waals surface area contributed by atoms with Gasteiger partial charge in [0.15, 0.2) is 0 Å². The van der Waals surface area contributed by atoms with Crippen molar-refractivity contribution in [1.82, 2.24) is 14.3 Å². The summed E-state index contributed by atoms with van der Waals surface area (Å²) in [4.78, 5) is 29.7. The Morgan fingerprint density at radius 1 is 0.675 bits per heavy atom. The Morgan fingerprint density at radius 2 is 1.30 bits per heavy atom. The second kappa shape index (κ2) is 11.0. The summed E-state index contributed by atoms with van der Waals surface area (Å²) < 4.78 is 4.02. The third-order valence-corrected chi connectivity index (χ3v) is 7.90. The summed E-state index contributed by atoms with van der Waals surface area (Å²) in [5.74, 6) is -0.661. The zero-order chi connectivity index (χ0) is 27.6. The van der Waals surface area contributed by atoms with Crippen LogP contribution in [-0.2, 0) is 23.2 Å². The highest BCUT2D eigenvalue weighted by Gasteiger charge is 2.43. The van der Waals surface area contributed by atoms with E-state index in [1.807, 2.05) is 67.7 Å². The molecule has 0 spiro atoms. The van der Waals surface area contributed by atoms with Crippen LogP contribution in [0.5, 0.6) is 0 Å². The molecule has 0 atom stereocenters. The van der Waals surface area contributed by atoms with Crippen molar-refractivity contribution in [2.45, 2.75) is 52.0 Å². The molecule has 1 aliphatic heterocycles. The molecule has 1 aliphatic rings. The maximum absolute atomic E-state index is 14.3. The Hall–Kier alpha value is -4.45. The lowest BCUT2D eigenvalue weighted by molar-refractivity contribution is -0.119. The molecule has 0 radical (unpaired) electrons. The summed E-state index contributed by atoms with van der Waals surface area (Å²) in [7, 11) is 1.87. The zero-order valence-electron chi connectivity index (χ0n) is 23.1. The van der Waals surface area contributed by atoms with Gasteiger partial charge in [0.05, 0.1) is 22.4 Å². The van der Waals surface area contributed by atoms with Crippen LogP contribution in [0.25, 0.3) is 33.0 Å². The minimum atomic E-state index is -0.345. The number of hydrogen-bond donors (Lipinski definition) is 0. The van der Waals surface area contributed by atoms with Gasteiger partial charge in [-0.1, -0.05) is 93.6 Å². The number of fused-ring (bicyclic) bond motifs is 2. The van der Waals surface area contributed by atoms with Gasteiger partial charge in [0.2, 0.25) is 0 Å². The van der Waals surface area contributed by atoms with E-state index in [4.69, 9.17) is 5.10 Å². The van der Waals surface area contributed by atoms with Crippen LogP contribution in [-0.4, -0.2) is 26.2 Å². The van der Waals surface area contributed by atoms with E-state index in [0.717, 1.165) is 40.3 Å². The number of carbonyl (C=O) groups is 2. The van der Waals surface area contributed by atoms with Crippen LogP contribution in [0.2, 0.25) is 0 Å². The molecule has 5 aromatic rings. The highest BCUT2D eigenvalue weighted by molar-refractivity contribution is 6.58. The molecule has 0 saturated heterocycles. The van der Waals surface area contributed by atoms with E-state index < -0.39 is 0 Å². The maximum Gasteiger partial charge on any atom is 0.268 e. The van der Waals surface area contributed by atoms with E-state index in [1.165, 1.54) is 37.0 Å². The van der Waals surface area contributed by atoms with Gasteiger partial charge in [0.1, 0.15) is 5.69 Å².